The highest BCUT2D eigenvalue weighted by Gasteiger charge is 2.38. The molecule has 0 amide bonds. The maximum Gasteiger partial charge on any atom is 0.471 e. The molecule has 1 N–H and O–H groups in total. The average molecular weight is 494 g/mol. The first kappa shape index (κ1) is 25.2. The Labute approximate surface area is 197 Å². The standard InChI is InChI=1S/C19H16F3N7O2S.C2H6/c1-18(2,30)11-7-14(27-25-8-11)29(15-9-23-5-6-24-15)10-12-3-4-13(32-12)16-26-17(31-28-16)19(20,21)22;1-2/h3-9,30H,10H2,1-2H3;1-2H3. The van der Waals surface area contributed by atoms with Gasteiger partial charge in [0, 0.05) is 22.8 Å². The summed E-state index contributed by atoms with van der Waals surface area (Å²) in [5.41, 5.74) is -0.585. The van der Waals surface area contributed by atoms with Crippen LogP contribution in [0.4, 0.5) is 24.8 Å². The molecule has 4 aromatic heterocycles. The lowest BCUT2D eigenvalue weighted by Crippen LogP contribution is -2.21. The second kappa shape index (κ2) is 10.2. The van der Waals surface area contributed by atoms with Crippen molar-refractivity contribution in [2.45, 2.75) is 46.0 Å². The lowest BCUT2D eigenvalue weighted by Gasteiger charge is -2.23. The number of thiophene rings is 1. The molecule has 0 fully saturated rings. The van der Waals surface area contributed by atoms with Crippen molar-refractivity contribution >= 4 is 23.0 Å². The Morgan fingerprint density at radius 3 is 2.47 bits per heavy atom. The number of rotatable bonds is 6. The Morgan fingerprint density at radius 2 is 1.85 bits per heavy atom. The molecule has 0 aromatic carbocycles. The summed E-state index contributed by atoms with van der Waals surface area (Å²) >= 11 is 1.20. The Kier molecular flexibility index (Phi) is 7.57. The number of aromatic nitrogens is 6. The Bertz CT molecular complexity index is 1210. The van der Waals surface area contributed by atoms with E-state index in [-0.39, 0.29) is 12.4 Å². The summed E-state index contributed by atoms with van der Waals surface area (Å²) in [5, 5.41) is 21.9. The van der Waals surface area contributed by atoms with Gasteiger partial charge in [-0.05, 0) is 32.0 Å². The molecule has 4 rings (SSSR count). The number of anilines is 2. The molecule has 0 aliphatic heterocycles. The molecular formula is C21H22F3N7O2S. The molecule has 0 unspecified atom stereocenters. The fraction of sp³-hybridized carbons (Fsp3) is 0.333. The van der Waals surface area contributed by atoms with Gasteiger partial charge in [0.05, 0.1) is 29.4 Å². The minimum absolute atomic E-state index is 0.150. The van der Waals surface area contributed by atoms with Crippen LogP contribution in [-0.4, -0.2) is 35.4 Å². The van der Waals surface area contributed by atoms with Crippen molar-refractivity contribution in [2.24, 2.45) is 0 Å². The summed E-state index contributed by atoms with van der Waals surface area (Å²) in [5.74, 6) is -0.659. The van der Waals surface area contributed by atoms with Crippen molar-refractivity contribution in [3.05, 3.63) is 59.3 Å². The molecular weight excluding hydrogens is 471 g/mol. The molecule has 13 heteroatoms. The van der Waals surface area contributed by atoms with Crippen LogP contribution in [0.3, 0.4) is 0 Å². The Balaban J connectivity index is 0.00000158. The molecule has 9 nitrogen and oxygen atoms in total. The first-order valence-corrected chi connectivity index (χ1v) is 11.0. The molecule has 0 aliphatic rings. The molecule has 0 atom stereocenters. The largest absolute Gasteiger partial charge is 0.471 e. The van der Waals surface area contributed by atoms with Crippen molar-refractivity contribution < 1.29 is 22.8 Å². The van der Waals surface area contributed by atoms with Gasteiger partial charge in [-0.15, -0.1) is 16.4 Å². The molecule has 0 aliphatic carbocycles. The monoisotopic (exact) mass is 493 g/mol. The van der Waals surface area contributed by atoms with Crippen molar-refractivity contribution in [1.82, 2.24) is 30.3 Å². The van der Waals surface area contributed by atoms with Gasteiger partial charge in [0.25, 0.3) is 0 Å². The van der Waals surface area contributed by atoms with Crippen LogP contribution in [0.2, 0.25) is 0 Å². The summed E-state index contributed by atoms with van der Waals surface area (Å²) in [4.78, 5) is 14.7. The van der Waals surface area contributed by atoms with E-state index < -0.39 is 17.7 Å². The smallest absolute Gasteiger partial charge is 0.386 e. The van der Waals surface area contributed by atoms with Gasteiger partial charge in [0.15, 0.2) is 11.6 Å². The van der Waals surface area contributed by atoms with Crippen molar-refractivity contribution in [3.8, 4) is 10.7 Å². The molecule has 0 bridgehead atoms. The third-order valence-electron chi connectivity index (χ3n) is 4.32. The fourth-order valence-corrected chi connectivity index (χ4v) is 3.63. The van der Waals surface area contributed by atoms with Crippen LogP contribution < -0.4 is 4.90 Å². The van der Waals surface area contributed by atoms with E-state index in [4.69, 9.17) is 0 Å². The summed E-state index contributed by atoms with van der Waals surface area (Å²) in [6.45, 7) is 7.52. The molecule has 0 saturated heterocycles. The van der Waals surface area contributed by atoms with Gasteiger partial charge in [0.2, 0.25) is 5.82 Å². The number of halogens is 3. The lowest BCUT2D eigenvalue weighted by atomic mass is 10.0. The van der Waals surface area contributed by atoms with Crippen LogP contribution in [0.1, 0.15) is 44.0 Å². The number of hydrogen-bond acceptors (Lipinski definition) is 10. The van der Waals surface area contributed by atoms with E-state index in [1.165, 1.54) is 29.9 Å². The SMILES string of the molecule is CC.CC(C)(O)c1cnnc(N(Cc2ccc(-c3noc(C(F)(F)F)n3)s2)c2cnccn2)c1. The average Bonchev–Trinajstić information content (AvgIpc) is 3.49. The van der Waals surface area contributed by atoms with Crippen LogP contribution >= 0.6 is 11.3 Å². The maximum atomic E-state index is 12.7. The van der Waals surface area contributed by atoms with Gasteiger partial charge in [-0.25, -0.2) is 4.98 Å². The zero-order chi connectivity index (χ0) is 24.9. The van der Waals surface area contributed by atoms with Crippen molar-refractivity contribution in [2.75, 3.05) is 4.90 Å². The van der Waals surface area contributed by atoms with E-state index in [2.05, 4.69) is 34.8 Å². The second-order valence-corrected chi connectivity index (χ2v) is 8.37. The van der Waals surface area contributed by atoms with Crippen LogP contribution in [0, 0.1) is 0 Å². The predicted molar refractivity (Wildman–Crippen MR) is 119 cm³/mol. The van der Waals surface area contributed by atoms with E-state index >= 15 is 0 Å². The van der Waals surface area contributed by atoms with Crippen LogP contribution in [0.25, 0.3) is 10.7 Å². The normalized spacial score (nSPS) is 11.6. The van der Waals surface area contributed by atoms with E-state index in [9.17, 15) is 18.3 Å². The predicted octanol–water partition coefficient (Wildman–Crippen LogP) is 4.99. The Hall–Kier alpha value is -3.45. The summed E-state index contributed by atoms with van der Waals surface area (Å²) in [6.07, 6.45) is 1.35. The Morgan fingerprint density at radius 1 is 1.09 bits per heavy atom. The number of nitrogens with zero attached hydrogens (tertiary/aromatic N) is 7. The van der Waals surface area contributed by atoms with Crippen LogP contribution in [0.5, 0.6) is 0 Å². The third kappa shape index (κ3) is 5.91. The topological polar surface area (TPSA) is 114 Å². The minimum Gasteiger partial charge on any atom is -0.386 e. The zero-order valence-electron chi connectivity index (χ0n) is 18.8. The zero-order valence-corrected chi connectivity index (χ0v) is 19.6. The minimum atomic E-state index is -4.71. The first-order valence-electron chi connectivity index (χ1n) is 10.2. The molecule has 4 heterocycles. The van der Waals surface area contributed by atoms with Gasteiger partial charge in [0.1, 0.15) is 0 Å². The van der Waals surface area contributed by atoms with E-state index in [1.807, 2.05) is 13.8 Å². The highest BCUT2D eigenvalue weighted by Crippen LogP contribution is 2.33. The van der Waals surface area contributed by atoms with Crippen molar-refractivity contribution in [3.63, 3.8) is 0 Å². The molecule has 4 aromatic rings. The van der Waals surface area contributed by atoms with Crippen LogP contribution in [-0.2, 0) is 18.3 Å². The second-order valence-electron chi connectivity index (χ2n) is 7.20. The third-order valence-corrected chi connectivity index (χ3v) is 5.38. The molecule has 0 radical (unpaired) electrons. The molecule has 34 heavy (non-hydrogen) atoms. The van der Waals surface area contributed by atoms with E-state index in [1.54, 1.807) is 43.1 Å². The highest BCUT2D eigenvalue weighted by molar-refractivity contribution is 7.15. The van der Waals surface area contributed by atoms with Crippen molar-refractivity contribution in [1.29, 1.82) is 0 Å². The van der Waals surface area contributed by atoms with Gasteiger partial charge >= 0.3 is 12.1 Å². The van der Waals surface area contributed by atoms with Gasteiger partial charge < -0.3 is 14.5 Å². The van der Waals surface area contributed by atoms with Gasteiger partial charge in [-0.3, -0.25) is 4.98 Å². The van der Waals surface area contributed by atoms with Gasteiger partial charge in [-0.2, -0.15) is 23.3 Å². The lowest BCUT2D eigenvalue weighted by molar-refractivity contribution is -0.159. The van der Waals surface area contributed by atoms with Crippen LogP contribution in [0.15, 0.2) is 47.5 Å². The van der Waals surface area contributed by atoms with E-state index in [0.717, 1.165) is 4.88 Å². The fourth-order valence-electron chi connectivity index (χ4n) is 2.71. The molecule has 0 saturated carbocycles. The maximum absolute atomic E-state index is 12.7. The number of aliphatic hydroxyl groups is 1. The van der Waals surface area contributed by atoms with E-state index in [0.29, 0.717) is 22.1 Å². The van der Waals surface area contributed by atoms with Gasteiger partial charge in [-0.1, -0.05) is 19.0 Å². The first-order chi connectivity index (χ1) is 16.1. The number of alkyl halides is 3. The summed E-state index contributed by atoms with van der Waals surface area (Å²) in [6, 6.07) is 5.03. The summed E-state index contributed by atoms with van der Waals surface area (Å²) in [7, 11) is 0. The number of hydrogen-bond donors (Lipinski definition) is 1. The quantitative estimate of drug-likeness (QED) is 0.397. The summed E-state index contributed by atoms with van der Waals surface area (Å²) < 4.78 is 42.5. The molecule has 0 spiro atoms. The highest BCUT2D eigenvalue weighted by atomic mass is 32.1. The molecule has 180 valence electrons.